The van der Waals surface area contributed by atoms with Crippen molar-refractivity contribution in [2.75, 3.05) is 6.54 Å². The average molecular weight is 251 g/mol. The molecule has 0 bridgehead atoms. The van der Waals surface area contributed by atoms with Crippen molar-refractivity contribution in [2.45, 2.75) is 39.8 Å². The molecule has 2 N–H and O–H groups in total. The number of ether oxygens (including phenoxy) is 1. The van der Waals surface area contributed by atoms with Gasteiger partial charge in [0, 0.05) is 12.6 Å². The molecule has 0 fully saturated rings. The summed E-state index contributed by atoms with van der Waals surface area (Å²) in [6.07, 6.45) is -0.868. The molecule has 100 valence electrons. The molecule has 0 saturated heterocycles. The van der Waals surface area contributed by atoms with Gasteiger partial charge in [0.2, 0.25) is 6.10 Å². The van der Waals surface area contributed by atoms with Gasteiger partial charge in [-0.25, -0.2) is 4.79 Å². The lowest BCUT2D eigenvalue weighted by Gasteiger charge is -2.19. The van der Waals surface area contributed by atoms with E-state index >= 15 is 0 Å². The number of hydrogen-bond donors (Lipinski definition) is 2. The van der Waals surface area contributed by atoms with Crippen molar-refractivity contribution in [3.63, 3.8) is 0 Å². The summed E-state index contributed by atoms with van der Waals surface area (Å²) in [5.41, 5.74) is 1.90. The molecule has 4 nitrogen and oxygen atoms in total. The van der Waals surface area contributed by atoms with E-state index in [-0.39, 0.29) is 6.04 Å². The van der Waals surface area contributed by atoms with Crippen molar-refractivity contribution in [2.24, 2.45) is 0 Å². The Kier molecular flexibility index (Phi) is 5.16. The Hall–Kier alpha value is -1.55. The van der Waals surface area contributed by atoms with Crippen LogP contribution >= 0.6 is 0 Å². The van der Waals surface area contributed by atoms with Gasteiger partial charge in [-0.1, -0.05) is 32.0 Å². The molecular weight excluding hydrogens is 230 g/mol. The minimum atomic E-state index is -0.953. The Morgan fingerprint density at radius 3 is 2.33 bits per heavy atom. The maximum atomic E-state index is 11.2. The van der Waals surface area contributed by atoms with Crippen LogP contribution in [0.15, 0.2) is 18.2 Å². The second kappa shape index (κ2) is 6.40. The first-order valence-electron chi connectivity index (χ1n) is 6.11. The molecule has 4 heteroatoms. The fourth-order valence-electron chi connectivity index (χ4n) is 1.65. The Labute approximate surface area is 108 Å². The van der Waals surface area contributed by atoms with E-state index in [0.717, 1.165) is 11.1 Å². The van der Waals surface area contributed by atoms with E-state index in [4.69, 9.17) is 9.84 Å². The summed E-state index contributed by atoms with van der Waals surface area (Å²) in [5, 5.41) is 12.2. The number of hydrogen-bond acceptors (Lipinski definition) is 3. The van der Waals surface area contributed by atoms with Crippen molar-refractivity contribution in [3.05, 3.63) is 29.3 Å². The Balaban J connectivity index is 2.80. The minimum Gasteiger partial charge on any atom is -0.478 e. The predicted octanol–water partition coefficient (Wildman–Crippen LogP) is 2.13. The van der Waals surface area contributed by atoms with Crippen LogP contribution in [0.1, 0.15) is 25.0 Å². The molecule has 1 atom stereocenters. The molecule has 0 saturated carbocycles. The summed E-state index contributed by atoms with van der Waals surface area (Å²) in [4.78, 5) is 11.2. The highest BCUT2D eigenvalue weighted by Crippen LogP contribution is 2.23. The molecule has 0 aliphatic heterocycles. The fraction of sp³-hybridized carbons (Fsp3) is 0.500. The van der Waals surface area contributed by atoms with E-state index in [9.17, 15) is 4.79 Å². The van der Waals surface area contributed by atoms with Gasteiger partial charge < -0.3 is 15.2 Å². The molecule has 18 heavy (non-hydrogen) atoms. The van der Waals surface area contributed by atoms with Gasteiger partial charge in [-0.15, -0.1) is 0 Å². The molecule has 0 amide bonds. The number of aryl methyl sites for hydroxylation is 2. The van der Waals surface area contributed by atoms with Crippen LogP contribution in [0.3, 0.4) is 0 Å². The minimum absolute atomic E-state index is 0.230. The standard InChI is InChI=1S/C14H21NO3/c1-9(2)15-8-12(14(16)17)18-13-10(3)6-5-7-11(13)4/h5-7,9,12,15H,8H2,1-4H3,(H,16,17). The van der Waals surface area contributed by atoms with Gasteiger partial charge >= 0.3 is 5.97 Å². The average Bonchev–Trinajstić information content (AvgIpc) is 2.26. The van der Waals surface area contributed by atoms with Crippen LogP contribution in [0, 0.1) is 13.8 Å². The van der Waals surface area contributed by atoms with E-state index < -0.39 is 12.1 Å². The van der Waals surface area contributed by atoms with Crippen LogP contribution in [0.4, 0.5) is 0 Å². The summed E-state index contributed by atoms with van der Waals surface area (Å²) in [7, 11) is 0. The summed E-state index contributed by atoms with van der Waals surface area (Å²) < 4.78 is 5.63. The van der Waals surface area contributed by atoms with Gasteiger partial charge in [0.25, 0.3) is 0 Å². The topological polar surface area (TPSA) is 58.6 Å². The van der Waals surface area contributed by atoms with Gasteiger partial charge in [0.15, 0.2) is 0 Å². The van der Waals surface area contributed by atoms with Crippen LogP contribution in [-0.2, 0) is 4.79 Å². The largest absolute Gasteiger partial charge is 0.478 e. The normalized spacial score (nSPS) is 12.5. The van der Waals surface area contributed by atoms with E-state index in [1.54, 1.807) is 0 Å². The second-order valence-electron chi connectivity index (χ2n) is 4.73. The van der Waals surface area contributed by atoms with Crippen LogP contribution < -0.4 is 10.1 Å². The molecular formula is C14H21NO3. The molecule has 1 rings (SSSR count). The number of para-hydroxylation sites is 1. The van der Waals surface area contributed by atoms with Gasteiger partial charge in [-0.3, -0.25) is 0 Å². The van der Waals surface area contributed by atoms with Crippen molar-refractivity contribution < 1.29 is 14.6 Å². The zero-order valence-electron chi connectivity index (χ0n) is 11.4. The Bertz CT molecular complexity index is 395. The lowest BCUT2D eigenvalue weighted by atomic mass is 10.1. The lowest BCUT2D eigenvalue weighted by Crippen LogP contribution is -2.40. The van der Waals surface area contributed by atoms with Crippen LogP contribution in [0.5, 0.6) is 5.75 Å². The quantitative estimate of drug-likeness (QED) is 0.813. The monoisotopic (exact) mass is 251 g/mol. The summed E-state index contributed by atoms with van der Waals surface area (Å²) >= 11 is 0. The number of nitrogens with one attached hydrogen (secondary N) is 1. The molecule has 0 aliphatic carbocycles. The third-order valence-corrected chi connectivity index (χ3v) is 2.66. The molecule has 1 unspecified atom stereocenters. The zero-order chi connectivity index (χ0) is 13.7. The third-order valence-electron chi connectivity index (χ3n) is 2.66. The van der Waals surface area contributed by atoms with E-state index in [1.165, 1.54) is 0 Å². The first-order chi connectivity index (χ1) is 8.41. The summed E-state index contributed by atoms with van der Waals surface area (Å²) in [5.74, 6) is -0.291. The summed E-state index contributed by atoms with van der Waals surface area (Å²) in [6.45, 7) is 8.06. The molecule has 0 heterocycles. The fourth-order valence-corrected chi connectivity index (χ4v) is 1.65. The van der Waals surface area contributed by atoms with Crippen molar-refractivity contribution in [1.82, 2.24) is 5.32 Å². The highest BCUT2D eigenvalue weighted by atomic mass is 16.5. The smallest absolute Gasteiger partial charge is 0.346 e. The van der Waals surface area contributed by atoms with Gasteiger partial charge in [-0.2, -0.15) is 0 Å². The van der Waals surface area contributed by atoms with Crippen molar-refractivity contribution >= 4 is 5.97 Å². The molecule has 1 aromatic rings. The highest BCUT2D eigenvalue weighted by molar-refractivity contribution is 5.73. The highest BCUT2D eigenvalue weighted by Gasteiger charge is 2.21. The summed E-state index contributed by atoms with van der Waals surface area (Å²) in [6, 6.07) is 5.99. The zero-order valence-corrected chi connectivity index (χ0v) is 11.4. The van der Waals surface area contributed by atoms with Crippen molar-refractivity contribution in [3.8, 4) is 5.75 Å². The second-order valence-corrected chi connectivity index (χ2v) is 4.73. The molecule has 0 aromatic heterocycles. The maximum Gasteiger partial charge on any atom is 0.346 e. The Morgan fingerprint density at radius 2 is 1.89 bits per heavy atom. The van der Waals surface area contributed by atoms with E-state index in [2.05, 4.69) is 5.32 Å². The molecule has 1 aromatic carbocycles. The lowest BCUT2D eigenvalue weighted by molar-refractivity contribution is -0.144. The van der Waals surface area contributed by atoms with Crippen molar-refractivity contribution in [1.29, 1.82) is 0 Å². The van der Waals surface area contributed by atoms with Gasteiger partial charge in [0.05, 0.1) is 0 Å². The first-order valence-corrected chi connectivity index (χ1v) is 6.11. The number of rotatable bonds is 6. The maximum absolute atomic E-state index is 11.2. The van der Waals surface area contributed by atoms with Crippen LogP contribution in [-0.4, -0.2) is 29.8 Å². The van der Waals surface area contributed by atoms with Crippen LogP contribution in [0.2, 0.25) is 0 Å². The van der Waals surface area contributed by atoms with Crippen LogP contribution in [0.25, 0.3) is 0 Å². The molecule has 0 spiro atoms. The van der Waals surface area contributed by atoms with Gasteiger partial charge in [-0.05, 0) is 25.0 Å². The SMILES string of the molecule is Cc1cccc(C)c1OC(CNC(C)C)C(=O)O. The number of carboxylic acid groups (broad SMARTS) is 1. The first kappa shape index (κ1) is 14.5. The number of aliphatic carboxylic acids is 1. The predicted molar refractivity (Wildman–Crippen MR) is 71.1 cm³/mol. The molecule has 0 aliphatic rings. The number of carbonyl (C=O) groups is 1. The van der Waals surface area contributed by atoms with E-state index in [1.807, 2.05) is 45.9 Å². The molecule has 0 radical (unpaired) electrons. The number of carboxylic acids is 1. The Morgan fingerprint density at radius 1 is 1.33 bits per heavy atom. The van der Waals surface area contributed by atoms with E-state index in [0.29, 0.717) is 12.3 Å². The number of benzene rings is 1. The third kappa shape index (κ3) is 4.04. The van der Waals surface area contributed by atoms with Gasteiger partial charge in [0.1, 0.15) is 5.75 Å².